The molecule has 1 aromatic rings. The number of hydrogen-bond acceptors (Lipinski definition) is 2. The summed E-state index contributed by atoms with van der Waals surface area (Å²) >= 11 is 5.76. The molecule has 2 nitrogen and oxygen atoms in total. The highest BCUT2D eigenvalue weighted by atomic mass is 35.5. The zero-order valence-electron chi connectivity index (χ0n) is 7.47. The molecule has 0 heterocycles. The van der Waals surface area contributed by atoms with Gasteiger partial charge in [0.1, 0.15) is 0 Å². The van der Waals surface area contributed by atoms with Crippen molar-refractivity contribution in [1.29, 1.82) is 5.26 Å². The van der Waals surface area contributed by atoms with Crippen molar-refractivity contribution in [3.8, 4) is 6.07 Å². The lowest BCUT2D eigenvalue weighted by Crippen LogP contribution is -2.12. The third-order valence-electron chi connectivity index (χ3n) is 1.76. The third-order valence-corrected chi connectivity index (χ3v) is 1.99. The third kappa shape index (κ3) is 2.73. The maximum Gasteiger partial charge on any atom is 0.0995 e. The fourth-order valence-corrected chi connectivity index (χ4v) is 1.24. The lowest BCUT2D eigenvalue weighted by Gasteiger charge is -2.04. The summed E-state index contributed by atoms with van der Waals surface area (Å²) in [5, 5.41) is 12.6. The second-order valence-corrected chi connectivity index (χ2v) is 3.13. The van der Waals surface area contributed by atoms with Crippen LogP contribution in [-0.4, -0.2) is 6.54 Å². The quantitative estimate of drug-likeness (QED) is 0.802. The fourth-order valence-electron chi connectivity index (χ4n) is 1.07. The lowest BCUT2D eigenvalue weighted by molar-refractivity contribution is 0.725. The Morgan fingerprint density at radius 2 is 2.31 bits per heavy atom. The first-order chi connectivity index (χ1) is 6.27. The number of nitrogens with zero attached hydrogens (tertiary/aromatic N) is 1. The SMILES string of the molecule is CCNCc1ccc(Cl)cc1C#N. The predicted octanol–water partition coefficient (Wildman–Crippen LogP) is 2.32. The molecule has 1 N–H and O–H groups in total. The first-order valence-electron chi connectivity index (χ1n) is 4.17. The van der Waals surface area contributed by atoms with E-state index in [1.807, 2.05) is 13.0 Å². The second-order valence-electron chi connectivity index (χ2n) is 2.69. The van der Waals surface area contributed by atoms with E-state index in [2.05, 4.69) is 11.4 Å². The molecule has 1 aromatic carbocycles. The van der Waals surface area contributed by atoms with Gasteiger partial charge in [0, 0.05) is 11.6 Å². The molecule has 0 aromatic heterocycles. The van der Waals surface area contributed by atoms with E-state index in [1.54, 1.807) is 12.1 Å². The van der Waals surface area contributed by atoms with Crippen LogP contribution in [0.15, 0.2) is 18.2 Å². The first-order valence-corrected chi connectivity index (χ1v) is 4.55. The Bertz CT molecular complexity index is 328. The van der Waals surface area contributed by atoms with Crippen LogP contribution >= 0.6 is 11.6 Å². The molecule has 68 valence electrons. The predicted molar refractivity (Wildman–Crippen MR) is 53.5 cm³/mol. The van der Waals surface area contributed by atoms with Crippen molar-refractivity contribution < 1.29 is 0 Å². The summed E-state index contributed by atoms with van der Waals surface area (Å²) in [5.74, 6) is 0. The van der Waals surface area contributed by atoms with Gasteiger partial charge in [0.2, 0.25) is 0 Å². The summed E-state index contributed by atoms with van der Waals surface area (Å²) in [6.07, 6.45) is 0. The molecule has 0 fully saturated rings. The molecule has 0 aliphatic rings. The maximum absolute atomic E-state index is 8.81. The molecule has 0 saturated carbocycles. The summed E-state index contributed by atoms with van der Waals surface area (Å²) in [6, 6.07) is 7.49. The molecular formula is C10H11ClN2. The number of hydrogen-bond donors (Lipinski definition) is 1. The van der Waals surface area contributed by atoms with Gasteiger partial charge < -0.3 is 5.32 Å². The highest BCUT2D eigenvalue weighted by molar-refractivity contribution is 6.30. The molecule has 3 heteroatoms. The lowest BCUT2D eigenvalue weighted by atomic mass is 10.1. The largest absolute Gasteiger partial charge is 0.313 e. The molecule has 0 radical (unpaired) electrons. The van der Waals surface area contributed by atoms with Gasteiger partial charge >= 0.3 is 0 Å². The number of nitrogens with one attached hydrogen (secondary N) is 1. The molecule has 0 bridgehead atoms. The molecule has 13 heavy (non-hydrogen) atoms. The van der Waals surface area contributed by atoms with Gasteiger partial charge in [0.15, 0.2) is 0 Å². The monoisotopic (exact) mass is 194 g/mol. The van der Waals surface area contributed by atoms with Crippen LogP contribution < -0.4 is 5.32 Å². The zero-order valence-corrected chi connectivity index (χ0v) is 8.23. The molecule has 0 amide bonds. The second kappa shape index (κ2) is 4.86. The van der Waals surface area contributed by atoms with E-state index < -0.39 is 0 Å². The van der Waals surface area contributed by atoms with E-state index in [0.717, 1.165) is 18.7 Å². The van der Waals surface area contributed by atoms with E-state index >= 15 is 0 Å². The summed E-state index contributed by atoms with van der Waals surface area (Å²) in [7, 11) is 0. The Balaban J connectivity index is 2.88. The van der Waals surface area contributed by atoms with Gasteiger partial charge in [0.25, 0.3) is 0 Å². The van der Waals surface area contributed by atoms with E-state index in [4.69, 9.17) is 16.9 Å². The minimum Gasteiger partial charge on any atom is -0.313 e. The Kier molecular flexibility index (Phi) is 3.75. The minimum absolute atomic E-state index is 0.608. The number of rotatable bonds is 3. The van der Waals surface area contributed by atoms with Crippen molar-refractivity contribution in [3.63, 3.8) is 0 Å². The molecule has 1 rings (SSSR count). The summed E-state index contributed by atoms with van der Waals surface area (Å²) in [5.41, 5.74) is 1.64. The van der Waals surface area contributed by atoms with E-state index in [1.165, 1.54) is 0 Å². The van der Waals surface area contributed by atoms with Crippen LogP contribution in [0, 0.1) is 11.3 Å². The minimum atomic E-state index is 0.608. The Hall–Kier alpha value is -1.04. The van der Waals surface area contributed by atoms with Crippen molar-refractivity contribution in [2.75, 3.05) is 6.54 Å². The maximum atomic E-state index is 8.81. The van der Waals surface area contributed by atoms with Gasteiger partial charge in [-0.15, -0.1) is 0 Å². The standard InChI is InChI=1S/C10H11ClN2/c1-2-13-7-8-3-4-10(11)5-9(8)6-12/h3-5,13H,2,7H2,1H3. The molecule has 0 aliphatic heterocycles. The van der Waals surface area contributed by atoms with Crippen LogP contribution in [0.5, 0.6) is 0 Å². The fraction of sp³-hybridized carbons (Fsp3) is 0.300. The highest BCUT2D eigenvalue weighted by Crippen LogP contribution is 2.14. The smallest absolute Gasteiger partial charge is 0.0995 e. The van der Waals surface area contributed by atoms with Gasteiger partial charge in [-0.2, -0.15) is 5.26 Å². The number of benzene rings is 1. The molecule has 0 unspecified atom stereocenters. The molecular weight excluding hydrogens is 184 g/mol. The molecule has 0 spiro atoms. The van der Waals surface area contributed by atoms with Crippen LogP contribution in [0.1, 0.15) is 18.1 Å². The van der Waals surface area contributed by atoms with Crippen molar-refractivity contribution in [1.82, 2.24) is 5.32 Å². The number of halogens is 1. The summed E-state index contributed by atoms with van der Waals surface area (Å²) in [4.78, 5) is 0. The van der Waals surface area contributed by atoms with Crippen LogP contribution in [0.25, 0.3) is 0 Å². The Morgan fingerprint density at radius 1 is 1.54 bits per heavy atom. The number of nitriles is 1. The van der Waals surface area contributed by atoms with Crippen LogP contribution in [0.3, 0.4) is 0 Å². The van der Waals surface area contributed by atoms with Gasteiger partial charge in [0.05, 0.1) is 11.6 Å². The van der Waals surface area contributed by atoms with Gasteiger partial charge in [-0.25, -0.2) is 0 Å². The van der Waals surface area contributed by atoms with E-state index in [9.17, 15) is 0 Å². The Labute approximate surface area is 83.1 Å². The normalized spacial score (nSPS) is 9.62. The van der Waals surface area contributed by atoms with Crippen molar-refractivity contribution in [3.05, 3.63) is 34.3 Å². The van der Waals surface area contributed by atoms with Gasteiger partial charge in [-0.05, 0) is 24.2 Å². The molecule has 0 aliphatic carbocycles. The van der Waals surface area contributed by atoms with Crippen molar-refractivity contribution in [2.24, 2.45) is 0 Å². The van der Waals surface area contributed by atoms with Crippen molar-refractivity contribution >= 4 is 11.6 Å². The zero-order chi connectivity index (χ0) is 9.68. The average Bonchev–Trinajstić information content (AvgIpc) is 2.16. The Morgan fingerprint density at radius 3 is 2.92 bits per heavy atom. The van der Waals surface area contributed by atoms with Crippen molar-refractivity contribution in [2.45, 2.75) is 13.5 Å². The molecule has 0 saturated heterocycles. The van der Waals surface area contributed by atoms with E-state index in [0.29, 0.717) is 10.6 Å². The summed E-state index contributed by atoms with van der Waals surface area (Å²) in [6.45, 7) is 3.64. The highest BCUT2D eigenvalue weighted by Gasteiger charge is 2.01. The average molecular weight is 195 g/mol. The topological polar surface area (TPSA) is 35.8 Å². The van der Waals surface area contributed by atoms with E-state index in [-0.39, 0.29) is 0 Å². The summed E-state index contributed by atoms with van der Waals surface area (Å²) < 4.78 is 0. The van der Waals surface area contributed by atoms with Gasteiger partial charge in [-0.1, -0.05) is 24.6 Å². The van der Waals surface area contributed by atoms with Crippen LogP contribution in [0.2, 0.25) is 5.02 Å². The first kappa shape index (κ1) is 10.0. The van der Waals surface area contributed by atoms with Crippen LogP contribution in [0.4, 0.5) is 0 Å². The van der Waals surface area contributed by atoms with Gasteiger partial charge in [-0.3, -0.25) is 0 Å². The van der Waals surface area contributed by atoms with Crippen LogP contribution in [-0.2, 0) is 6.54 Å². The molecule has 0 atom stereocenters.